The molecule has 0 aromatic heterocycles. The van der Waals surface area contributed by atoms with Gasteiger partial charge in [-0.2, -0.15) is 0 Å². The first-order valence-corrected chi connectivity index (χ1v) is 9.99. The second-order valence-electron chi connectivity index (χ2n) is 6.73. The number of ether oxygens (including phenoxy) is 2. The number of hydrogen-bond donors (Lipinski definition) is 1. The van der Waals surface area contributed by atoms with E-state index < -0.39 is 18.0 Å². The third-order valence-corrected chi connectivity index (χ3v) is 5.36. The Morgan fingerprint density at radius 1 is 1.23 bits per heavy atom. The van der Waals surface area contributed by atoms with Crippen LogP contribution in [0.25, 0.3) is 6.08 Å². The molecule has 3 rings (SSSR count). The summed E-state index contributed by atoms with van der Waals surface area (Å²) in [6.07, 6.45) is 0.401. The van der Waals surface area contributed by atoms with E-state index in [0.29, 0.717) is 11.3 Å². The van der Waals surface area contributed by atoms with E-state index in [2.05, 4.69) is 0 Å². The Hall–Kier alpha value is -3.26. The van der Waals surface area contributed by atoms with E-state index in [9.17, 15) is 14.4 Å². The number of carbonyl (C=O) groups excluding carboxylic acids is 2. The minimum Gasteiger partial charge on any atom is -0.493 e. The van der Waals surface area contributed by atoms with Crippen molar-refractivity contribution in [2.75, 3.05) is 7.11 Å². The van der Waals surface area contributed by atoms with Crippen molar-refractivity contribution in [1.29, 1.82) is 0 Å². The number of carbonyl (C=O) groups is 3. The van der Waals surface area contributed by atoms with E-state index >= 15 is 0 Å². The molecule has 1 saturated heterocycles. The number of carboxylic acid groups (broad SMARTS) is 1. The Kier molecular flexibility index (Phi) is 6.47. The monoisotopic (exact) mass is 427 g/mol. The molecular formula is C22H21NO6S. The second kappa shape index (κ2) is 9.04. The zero-order valence-electron chi connectivity index (χ0n) is 16.7. The van der Waals surface area contributed by atoms with Gasteiger partial charge in [0, 0.05) is 5.56 Å². The van der Waals surface area contributed by atoms with Gasteiger partial charge in [0.05, 0.1) is 18.6 Å². The van der Waals surface area contributed by atoms with E-state index in [1.54, 1.807) is 18.2 Å². The molecule has 0 spiro atoms. The summed E-state index contributed by atoms with van der Waals surface area (Å²) >= 11 is 0.833. The van der Waals surface area contributed by atoms with E-state index in [0.717, 1.165) is 22.9 Å². The number of carboxylic acids is 1. The molecule has 1 fully saturated rings. The number of hydrogen-bond acceptors (Lipinski definition) is 6. The summed E-state index contributed by atoms with van der Waals surface area (Å²) in [5, 5.41) is 8.80. The summed E-state index contributed by atoms with van der Waals surface area (Å²) < 4.78 is 10.8. The zero-order chi connectivity index (χ0) is 21.8. The van der Waals surface area contributed by atoms with Gasteiger partial charge < -0.3 is 14.6 Å². The lowest BCUT2D eigenvalue weighted by Crippen LogP contribution is -2.27. The molecule has 1 aliphatic rings. The largest absolute Gasteiger partial charge is 0.493 e. The van der Waals surface area contributed by atoms with Crippen molar-refractivity contribution in [3.63, 3.8) is 0 Å². The molecule has 0 bridgehead atoms. The van der Waals surface area contributed by atoms with Crippen molar-refractivity contribution in [3.8, 4) is 11.5 Å². The van der Waals surface area contributed by atoms with Crippen LogP contribution < -0.4 is 9.47 Å². The van der Waals surface area contributed by atoms with Gasteiger partial charge in [0.2, 0.25) is 0 Å². The Balaban J connectivity index is 1.90. The second-order valence-corrected chi connectivity index (χ2v) is 7.73. The van der Waals surface area contributed by atoms with Crippen molar-refractivity contribution >= 4 is 35.0 Å². The third-order valence-electron chi connectivity index (χ3n) is 4.46. The lowest BCUT2D eigenvalue weighted by atomic mass is 10.1. The van der Waals surface area contributed by atoms with E-state index in [4.69, 9.17) is 14.6 Å². The van der Waals surface area contributed by atoms with Crippen LogP contribution in [0.2, 0.25) is 0 Å². The van der Waals surface area contributed by atoms with Gasteiger partial charge in [-0.3, -0.25) is 14.5 Å². The number of para-hydroxylation sites is 1. The molecule has 1 atom stereocenters. The average Bonchev–Trinajstić information content (AvgIpc) is 2.96. The minimum absolute atomic E-state index is 0.182. The van der Waals surface area contributed by atoms with Crippen molar-refractivity contribution in [3.05, 3.63) is 64.1 Å². The molecule has 30 heavy (non-hydrogen) atoms. The van der Waals surface area contributed by atoms with Crippen LogP contribution in [0.1, 0.15) is 23.6 Å². The maximum Gasteiger partial charge on any atom is 0.344 e. The highest BCUT2D eigenvalue weighted by Crippen LogP contribution is 2.38. The number of imide groups is 1. The first-order chi connectivity index (χ1) is 14.3. The Morgan fingerprint density at radius 3 is 2.63 bits per heavy atom. The molecule has 7 nitrogen and oxygen atoms in total. The van der Waals surface area contributed by atoms with Crippen molar-refractivity contribution in [1.82, 2.24) is 4.90 Å². The van der Waals surface area contributed by atoms with Crippen LogP contribution in [0.5, 0.6) is 11.5 Å². The highest BCUT2D eigenvalue weighted by atomic mass is 32.2. The number of amides is 2. The summed E-state index contributed by atoms with van der Waals surface area (Å²) in [7, 11) is 1.44. The number of methoxy groups -OCH3 is 1. The molecule has 0 aliphatic carbocycles. The predicted molar refractivity (Wildman–Crippen MR) is 113 cm³/mol. The molecule has 0 radical (unpaired) electrons. The zero-order valence-corrected chi connectivity index (χ0v) is 17.6. The van der Waals surface area contributed by atoms with Crippen molar-refractivity contribution in [2.45, 2.75) is 26.5 Å². The summed E-state index contributed by atoms with van der Waals surface area (Å²) in [5.41, 5.74) is 2.35. The average molecular weight is 427 g/mol. The first kappa shape index (κ1) is 21.4. The summed E-state index contributed by atoms with van der Waals surface area (Å²) in [6.45, 7) is 3.52. The van der Waals surface area contributed by atoms with Gasteiger partial charge in [-0.05, 0) is 43.3 Å². The number of aliphatic carboxylic acids is 1. The first-order valence-electron chi connectivity index (χ1n) is 9.17. The van der Waals surface area contributed by atoms with Crippen LogP contribution in [0.4, 0.5) is 4.79 Å². The number of rotatable bonds is 7. The minimum atomic E-state index is -1.13. The van der Waals surface area contributed by atoms with Crippen LogP contribution in [0, 0.1) is 6.92 Å². The number of aryl methyl sites for hydroxylation is 1. The summed E-state index contributed by atoms with van der Waals surface area (Å²) in [6, 6.07) is 12.6. The van der Waals surface area contributed by atoms with Crippen molar-refractivity contribution < 1.29 is 29.0 Å². The molecule has 0 unspecified atom stereocenters. The molecule has 2 aromatic carbocycles. The standard InChI is InChI=1S/C22H21NO6S/c1-13-6-4-7-15(10-13)12-23-20(24)18(30-22(23)27)11-16-8-5-9-17(28-3)19(16)29-14(2)21(25)26/h4-11,14H,12H2,1-3H3,(H,25,26)/b18-11-/t14-/m1/s1. The van der Waals surface area contributed by atoms with Gasteiger partial charge in [-0.15, -0.1) is 0 Å². The van der Waals surface area contributed by atoms with Crippen LogP contribution in [-0.4, -0.2) is 40.3 Å². The summed E-state index contributed by atoms with van der Waals surface area (Å²) in [4.78, 5) is 37.9. The van der Waals surface area contributed by atoms with Gasteiger partial charge in [-0.1, -0.05) is 42.0 Å². The molecule has 1 heterocycles. The fraction of sp³-hybridized carbons (Fsp3) is 0.227. The number of nitrogens with zero attached hydrogens (tertiary/aromatic N) is 1. The molecule has 0 saturated carbocycles. The van der Waals surface area contributed by atoms with Gasteiger partial charge in [-0.25, -0.2) is 4.79 Å². The smallest absolute Gasteiger partial charge is 0.344 e. The lowest BCUT2D eigenvalue weighted by molar-refractivity contribution is -0.144. The Morgan fingerprint density at radius 2 is 1.97 bits per heavy atom. The van der Waals surface area contributed by atoms with Gasteiger partial charge in [0.25, 0.3) is 11.1 Å². The van der Waals surface area contributed by atoms with Gasteiger partial charge in [0.1, 0.15) is 0 Å². The third kappa shape index (κ3) is 4.65. The van der Waals surface area contributed by atoms with Crippen LogP contribution >= 0.6 is 11.8 Å². The fourth-order valence-electron chi connectivity index (χ4n) is 2.93. The van der Waals surface area contributed by atoms with Crippen LogP contribution in [-0.2, 0) is 16.1 Å². The highest BCUT2D eigenvalue weighted by molar-refractivity contribution is 8.18. The highest BCUT2D eigenvalue weighted by Gasteiger charge is 2.35. The molecule has 1 aliphatic heterocycles. The Bertz CT molecular complexity index is 1030. The normalized spacial score (nSPS) is 16.1. The van der Waals surface area contributed by atoms with Crippen LogP contribution in [0.15, 0.2) is 47.4 Å². The molecular weight excluding hydrogens is 406 g/mol. The van der Waals surface area contributed by atoms with E-state index in [-0.39, 0.29) is 22.4 Å². The number of benzene rings is 2. The Labute approximate surface area is 178 Å². The lowest BCUT2D eigenvalue weighted by Gasteiger charge is -2.16. The maximum atomic E-state index is 12.9. The van der Waals surface area contributed by atoms with E-state index in [1.165, 1.54) is 25.0 Å². The summed E-state index contributed by atoms with van der Waals surface area (Å²) in [5.74, 6) is -1.02. The quantitative estimate of drug-likeness (QED) is 0.665. The molecule has 8 heteroatoms. The molecule has 156 valence electrons. The fourth-order valence-corrected chi connectivity index (χ4v) is 3.76. The molecule has 1 N–H and O–H groups in total. The van der Waals surface area contributed by atoms with Gasteiger partial charge in [0.15, 0.2) is 17.6 Å². The number of thioether (sulfide) groups is 1. The van der Waals surface area contributed by atoms with E-state index in [1.807, 2.05) is 31.2 Å². The topological polar surface area (TPSA) is 93.1 Å². The molecule has 2 aromatic rings. The van der Waals surface area contributed by atoms with Gasteiger partial charge >= 0.3 is 5.97 Å². The van der Waals surface area contributed by atoms with Crippen molar-refractivity contribution in [2.24, 2.45) is 0 Å². The van der Waals surface area contributed by atoms with Crippen LogP contribution in [0.3, 0.4) is 0 Å². The maximum absolute atomic E-state index is 12.9. The SMILES string of the molecule is COc1cccc(/C=C2\SC(=O)N(Cc3cccc(C)c3)C2=O)c1O[C@H](C)C(=O)O. The predicted octanol–water partition coefficient (Wildman–Crippen LogP) is 4.09. The molecule has 2 amide bonds.